The van der Waals surface area contributed by atoms with E-state index < -0.39 is 16.1 Å². The minimum absolute atomic E-state index is 0.115. The maximum Gasteiger partial charge on any atom is 0.248 e. The number of amides is 2. The molecule has 2 amide bonds. The second kappa shape index (κ2) is 11.2. The van der Waals surface area contributed by atoms with E-state index in [9.17, 15) is 18.0 Å². The molecule has 0 bridgehead atoms. The summed E-state index contributed by atoms with van der Waals surface area (Å²) in [6.07, 6.45) is 7.75. The van der Waals surface area contributed by atoms with Gasteiger partial charge in [0.2, 0.25) is 21.8 Å². The lowest BCUT2D eigenvalue weighted by atomic mass is 9.84. The predicted octanol–water partition coefficient (Wildman–Crippen LogP) is 4.48. The van der Waals surface area contributed by atoms with E-state index in [-0.39, 0.29) is 36.3 Å². The number of aromatic nitrogens is 1. The standard InChI is InChI=1S/C22H26Br2N4O4S2/c23-17-7-6-16(13-18(17)24)34(31,32)27-9-10-28(20(29)14-27)19(12-15-4-2-1-3-5-15)21(30)26-22-25-8-11-33-22/h6-8,11,13,15,19H,1-5,9-10,12,14H2,(H,25,26,30). The molecular formula is C22H26Br2N4O4S2. The van der Waals surface area contributed by atoms with E-state index in [1.807, 2.05) is 0 Å². The minimum Gasteiger partial charge on any atom is -0.328 e. The van der Waals surface area contributed by atoms with Crippen LogP contribution in [0.1, 0.15) is 38.5 Å². The van der Waals surface area contributed by atoms with Crippen molar-refractivity contribution in [1.82, 2.24) is 14.2 Å². The Kier molecular flexibility index (Phi) is 8.44. The van der Waals surface area contributed by atoms with E-state index >= 15 is 0 Å². The topological polar surface area (TPSA) is 99.7 Å². The first-order chi connectivity index (χ1) is 16.3. The molecule has 2 fully saturated rings. The van der Waals surface area contributed by atoms with Crippen LogP contribution in [0.15, 0.2) is 43.6 Å². The van der Waals surface area contributed by atoms with Crippen molar-refractivity contribution < 1.29 is 18.0 Å². The average molecular weight is 634 g/mol. The van der Waals surface area contributed by atoms with Crippen LogP contribution in [0.4, 0.5) is 5.13 Å². The number of nitrogens with one attached hydrogen (secondary N) is 1. The Hall–Kier alpha value is -1.34. The molecule has 0 radical (unpaired) electrons. The molecule has 1 unspecified atom stereocenters. The lowest BCUT2D eigenvalue weighted by molar-refractivity contribution is -0.142. The molecule has 12 heteroatoms. The molecule has 184 valence electrons. The zero-order valence-corrected chi connectivity index (χ0v) is 23.3. The number of rotatable bonds is 7. The summed E-state index contributed by atoms with van der Waals surface area (Å²) in [5.74, 6) is -0.251. The maximum atomic E-state index is 13.2. The lowest BCUT2D eigenvalue weighted by Crippen LogP contribution is -2.58. The summed E-state index contributed by atoms with van der Waals surface area (Å²) in [5, 5.41) is 5.11. The molecule has 1 aliphatic carbocycles. The summed E-state index contributed by atoms with van der Waals surface area (Å²) < 4.78 is 28.9. The summed E-state index contributed by atoms with van der Waals surface area (Å²) in [4.78, 5) is 32.2. The summed E-state index contributed by atoms with van der Waals surface area (Å²) >= 11 is 8.00. The molecule has 1 saturated carbocycles. The Balaban J connectivity index is 1.50. The fraction of sp³-hybridized carbons (Fsp3) is 0.500. The van der Waals surface area contributed by atoms with Crippen LogP contribution < -0.4 is 5.32 Å². The third kappa shape index (κ3) is 5.89. The molecule has 2 heterocycles. The Labute approximate surface area is 220 Å². The Morgan fingerprint density at radius 1 is 1.18 bits per heavy atom. The second-order valence-corrected chi connectivity index (χ2v) is 13.1. The van der Waals surface area contributed by atoms with Crippen molar-refractivity contribution in [3.8, 4) is 0 Å². The fourth-order valence-corrected chi connectivity index (χ4v) is 7.29. The van der Waals surface area contributed by atoms with Crippen molar-refractivity contribution in [1.29, 1.82) is 0 Å². The number of halogens is 2. The van der Waals surface area contributed by atoms with E-state index in [1.54, 1.807) is 22.5 Å². The summed E-state index contributed by atoms with van der Waals surface area (Å²) in [7, 11) is -3.85. The lowest BCUT2D eigenvalue weighted by Gasteiger charge is -2.39. The van der Waals surface area contributed by atoms with Gasteiger partial charge in [0.15, 0.2) is 5.13 Å². The molecule has 1 aromatic heterocycles. The van der Waals surface area contributed by atoms with Gasteiger partial charge in [-0.15, -0.1) is 11.3 Å². The maximum absolute atomic E-state index is 13.2. The van der Waals surface area contributed by atoms with Crippen LogP contribution in [0, 0.1) is 5.92 Å². The number of piperazine rings is 1. The molecule has 1 aromatic carbocycles. The predicted molar refractivity (Wildman–Crippen MR) is 138 cm³/mol. The van der Waals surface area contributed by atoms with Gasteiger partial charge in [-0.1, -0.05) is 32.1 Å². The number of hydrogen-bond acceptors (Lipinski definition) is 6. The molecule has 4 rings (SSSR count). The molecular weight excluding hydrogens is 608 g/mol. The number of benzene rings is 1. The number of anilines is 1. The summed E-state index contributed by atoms with van der Waals surface area (Å²) in [5.41, 5.74) is 0. The van der Waals surface area contributed by atoms with Crippen molar-refractivity contribution in [2.45, 2.75) is 49.5 Å². The van der Waals surface area contributed by atoms with Crippen LogP contribution in [0.5, 0.6) is 0 Å². The van der Waals surface area contributed by atoms with E-state index in [1.165, 1.54) is 34.2 Å². The monoisotopic (exact) mass is 632 g/mol. The van der Waals surface area contributed by atoms with Crippen LogP contribution in [-0.4, -0.2) is 60.1 Å². The van der Waals surface area contributed by atoms with Crippen LogP contribution in [0.2, 0.25) is 0 Å². The zero-order chi connectivity index (χ0) is 24.3. The van der Waals surface area contributed by atoms with Crippen molar-refractivity contribution in [3.05, 3.63) is 38.7 Å². The quantitative estimate of drug-likeness (QED) is 0.485. The van der Waals surface area contributed by atoms with Gasteiger partial charge >= 0.3 is 0 Å². The van der Waals surface area contributed by atoms with Gasteiger partial charge in [0.1, 0.15) is 6.04 Å². The highest BCUT2D eigenvalue weighted by Gasteiger charge is 2.39. The van der Waals surface area contributed by atoms with Crippen LogP contribution in [-0.2, 0) is 19.6 Å². The highest BCUT2D eigenvalue weighted by Crippen LogP contribution is 2.31. The van der Waals surface area contributed by atoms with Gasteiger partial charge in [-0.2, -0.15) is 4.31 Å². The molecule has 0 spiro atoms. The van der Waals surface area contributed by atoms with Gasteiger partial charge in [-0.25, -0.2) is 13.4 Å². The first-order valence-electron chi connectivity index (χ1n) is 11.2. The molecule has 34 heavy (non-hydrogen) atoms. The highest BCUT2D eigenvalue weighted by atomic mass is 79.9. The van der Waals surface area contributed by atoms with Gasteiger partial charge in [-0.3, -0.25) is 9.59 Å². The van der Waals surface area contributed by atoms with Crippen LogP contribution in [0.25, 0.3) is 0 Å². The van der Waals surface area contributed by atoms with Crippen LogP contribution >= 0.6 is 43.2 Å². The van der Waals surface area contributed by atoms with Gasteiger partial charge in [0.25, 0.3) is 0 Å². The normalized spacial score (nSPS) is 19.2. The number of thiazole rings is 1. The first kappa shape index (κ1) is 25.7. The summed E-state index contributed by atoms with van der Waals surface area (Å²) in [6, 6.07) is 4.03. The van der Waals surface area contributed by atoms with Crippen molar-refractivity contribution in [3.63, 3.8) is 0 Å². The SMILES string of the molecule is O=C(Nc1nccs1)C(CC1CCCCC1)N1CCN(S(=O)(=O)c2ccc(Br)c(Br)c2)CC1=O. The number of hydrogen-bond donors (Lipinski definition) is 1. The Bertz CT molecular complexity index is 1140. The van der Waals surface area contributed by atoms with E-state index in [0.717, 1.165) is 30.2 Å². The first-order valence-corrected chi connectivity index (χ1v) is 15.1. The molecule has 1 atom stereocenters. The highest BCUT2D eigenvalue weighted by molar-refractivity contribution is 9.13. The number of carbonyl (C=O) groups excluding carboxylic acids is 2. The van der Waals surface area contributed by atoms with Crippen LogP contribution in [0.3, 0.4) is 0 Å². The molecule has 1 N–H and O–H groups in total. The smallest absolute Gasteiger partial charge is 0.248 e. The van der Waals surface area contributed by atoms with E-state index in [4.69, 9.17) is 0 Å². The van der Waals surface area contributed by atoms with Gasteiger partial charge in [-0.05, 0) is 62.4 Å². The van der Waals surface area contributed by atoms with Gasteiger partial charge in [0.05, 0.1) is 11.4 Å². The molecule has 1 aliphatic heterocycles. The number of sulfonamides is 1. The fourth-order valence-electron chi connectivity index (χ4n) is 4.57. The molecule has 2 aromatic rings. The Morgan fingerprint density at radius 3 is 2.59 bits per heavy atom. The zero-order valence-electron chi connectivity index (χ0n) is 18.5. The third-order valence-electron chi connectivity index (χ3n) is 6.37. The van der Waals surface area contributed by atoms with E-state index in [0.29, 0.717) is 21.9 Å². The van der Waals surface area contributed by atoms with Crippen molar-refractivity contribution in [2.75, 3.05) is 25.0 Å². The Morgan fingerprint density at radius 2 is 1.94 bits per heavy atom. The molecule has 2 aliphatic rings. The van der Waals surface area contributed by atoms with E-state index in [2.05, 4.69) is 42.2 Å². The number of nitrogens with zero attached hydrogens (tertiary/aromatic N) is 3. The average Bonchev–Trinajstić information content (AvgIpc) is 3.33. The van der Waals surface area contributed by atoms with Crippen molar-refractivity contribution >= 4 is 70.2 Å². The third-order valence-corrected chi connectivity index (χ3v) is 10.8. The second-order valence-electron chi connectivity index (χ2n) is 8.58. The minimum atomic E-state index is -3.85. The van der Waals surface area contributed by atoms with Crippen molar-refractivity contribution in [2.24, 2.45) is 5.92 Å². The summed E-state index contributed by atoms with van der Waals surface area (Å²) in [6.45, 7) is 0.00755. The molecule has 8 nitrogen and oxygen atoms in total. The van der Waals surface area contributed by atoms with Gasteiger partial charge < -0.3 is 10.2 Å². The number of carbonyl (C=O) groups is 2. The van der Waals surface area contributed by atoms with Gasteiger partial charge in [0, 0.05) is 33.6 Å². The largest absolute Gasteiger partial charge is 0.328 e. The molecule has 1 saturated heterocycles.